The predicted octanol–water partition coefficient (Wildman–Crippen LogP) is 4.15. The van der Waals surface area contributed by atoms with Crippen molar-refractivity contribution in [1.82, 2.24) is 4.72 Å². The number of benzene rings is 3. The second-order valence-electron chi connectivity index (χ2n) is 6.44. The first-order valence-electron chi connectivity index (χ1n) is 8.82. The molecule has 0 unspecified atom stereocenters. The lowest BCUT2D eigenvalue weighted by Gasteiger charge is -2.19. The molecule has 0 saturated heterocycles. The number of amides is 1. The first-order chi connectivity index (χ1) is 14.2. The summed E-state index contributed by atoms with van der Waals surface area (Å²) >= 11 is 5.74. The average molecular weight is 451 g/mol. The van der Waals surface area contributed by atoms with E-state index in [9.17, 15) is 22.0 Å². The molecule has 0 aliphatic heterocycles. The summed E-state index contributed by atoms with van der Waals surface area (Å²) in [5.74, 6) is -1.89. The van der Waals surface area contributed by atoms with E-state index < -0.39 is 33.6 Å². The topological polar surface area (TPSA) is 75.3 Å². The van der Waals surface area contributed by atoms with Crippen LogP contribution in [-0.2, 0) is 21.2 Å². The lowest BCUT2D eigenvalue weighted by atomic mass is 10.1. The van der Waals surface area contributed by atoms with Gasteiger partial charge < -0.3 is 5.32 Å². The summed E-state index contributed by atoms with van der Waals surface area (Å²) in [5.41, 5.74) is 0.932. The fraction of sp³-hybridized carbons (Fsp3) is 0.0952. The highest BCUT2D eigenvalue weighted by atomic mass is 35.5. The van der Waals surface area contributed by atoms with Gasteiger partial charge in [-0.25, -0.2) is 17.2 Å². The highest BCUT2D eigenvalue weighted by Gasteiger charge is 2.26. The van der Waals surface area contributed by atoms with E-state index in [0.29, 0.717) is 0 Å². The smallest absolute Gasteiger partial charge is 0.242 e. The molecule has 1 atom stereocenters. The van der Waals surface area contributed by atoms with Crippen molar-refractivity contribution < 1.29 is 22.0 Å². The third-order valence-corrected chi connectivity index (χ3v) is 5.98. The molecule has 5 nitrogen and oxygen atoms in total. The zero-order valence-electron chi connectivity index (χ0n) is 15.5. The summed E-state index contributed by atoms with van der Waals surface area (Å²) < 4.78 is 54.3. The molecular formula is C21H17ClF2N2O3S. The van der Waals surface area contributed by atoms with Gasteiger partial charge in [0.25, 0.3) is 0 Å². The number of carbonyl (C=O) groups is 1. The van der Waals surface area contributed by atoms with Crippen LogP contribution in [-0.4, -0.2) is 20.4 Å². The minimum Gasteiger partial charge on any atom is -0.325 e. The van der Waals surface area contributed by atoms with Crippen LogP contribution >= 0.6 is 11.6 Å². The monoisotopic (exact) mass is 450 g/mol. The van der Waals surface area contributed by atoms with E-state index in [0.717, 1.165) is 35.9 Å². The molecule has 3 rings (SSSR count). The van der Waals surface area contributed by atoms with Crippen molar-refractivity contribution in [1.29, 1.82) is 0 Å². The molecule has 0 saturated carbocycles. The molecule has 3 aromatic carbocycles. The molecule has 0 spiro atoms. The Balaban J connectivity index is 1.86. The molecule has 0 fully saturated rings. The summed E-state index contributed by atoms with van der Waals surface area (Å²) in [6, 6.07) is 15.5. The maximum Gasteiger partial charge on any atom is 0.242 e. The highest BCUT2D eigenvalue weighted by Crippen LogP contribution is 2.20. The zero-order valence-corrected chi connectivity index (χ0v) is 17.1. The standard InChI is InChI=1S/C21H17ClF2N2O3S/c22-18-13-16(8-11-19(18)24)25-21(27)20(12-14-4-2-1-3-5-14)26-30(28,29)17-9-6-15(23)7-10-17/h1-11,13,20,26H,12H2,(H,25,27)/t20-/m0/s1. The molecule has 9 heteroatoms. The van der Waals surface area contributed by atoms with Crippen LogP contribution < -0.4 is 10.0 Å². The Bertz CT molecular complexity index is 1140. The fourth-order valence-corrected chi connectivity index (χ4v) is 4.09. The van der Waals surface area contributed by atoms with Gasteiger partial charge in [0.1, 0.15) is 17.7 Å². The Morgan fingerprint density at radius 2 is 1.63 bits per heavy atom. The van der Waals surface area contributed by atoms with Crippen LogP contribution in [0.5, 0.6) is 0 Å². The Morgan fingerprint density at radius 3 is 2.27 bits per heavy atom. The summed E-state index contributed by atoms with van der Waals surface area (Å²) in [6.07, 6.45) is 0.0576. The van der Waals surface area contributed by atoms with E-state index in [1.54, 1.807) is 30.3 Å². The number of sulfonamides is 1. The van der Waals surface area contributed by atoms with Crippen LogP contribution in [0, 0.1) is 11.6 Å². The van der Waals surface area contributed by atoms with E-state index in [4.69, 9.17) is 11.6 Å². The van der Waals surface area contributed by atoms with Gasteiger partial charge in [0, 0.05) is 5.69 Å². The van der Waals surface area contributed by atoms with Crippen LogP contribution in [0.25, 0.3) is 0 Å². The molecule has 0 aromatic heterocycles. The van der Waals surface area contributed by atoms with Crippen molar-refractivity contribution in [2.24, 2.45) is 0 Å². The SMILES string of the molecule is O=C(Nc1ccc(F)c(Cl)c1)[C@H](Cc1ccccc1)NS(=O)(=O)c1ccc(F)cc1. The first-order valence-corrected chi connectivity index (χ1v) is 10.7. The second-order valence-corrected chi connectivity index (χ2v) is 8.56. The van der Waals surface area contributed by atoms with Gasteiger partial charge in [0.2, 0.25) is 15.9 Å². The van der Waals surface area contributed by atoms with Crippen molar-refractivity contribution in [2.45, 2.75) is 17.4 Å². The lowest BCUT2D eigenvalue weighted by molar-refractivity contribution is -0.117. The van der Waals surface area contributed by atoms with E-state index in [2.05, 4.69) is 10.0 Å². The molecule has 0 aliphatic rings. The largest absolute Gasteiger partial charge is 0.325 e. The third-order valence-electron chi connectivity index (χ3n) is 4.21. The highest BCUT2D eigenvalue weighted by molar-refractivity contribution is 7.89. The average Bonchev–Trinajstić information content (AvgIpc) is 2.71. The Kier molecular flexibility index (Phi) is 6.81. The molecule has 0 bridgehead atoms. The van der Waals surface area contributed by atoms with Gasteiger partial charge in [-0.2, -0.15) is 4.72 Å². The normalized spacial score (nSPS) is 12.4. The Hall–Kier alpha value is -2.81. The van der Waals surface area contributed by atoms with E-state index in [1.165, 1.54) is 12.1 Å². The summed E-state index contributed by atoms with van der Waals surface area (Å²) in [5, 5.41) is 2.36. The maximum absolute atomic E-state index is 13.4. The maximum atomic E-state index is 13.4. The zero-order chi connectivity index (χ0) is 21.7. The number of rotatable bonds is 7. The van der Waals surface area contributed by atoms with Crippen LogP contribution in [0.15, 0.2) is 77.7 Å². The van der Waals surface area contributed by atoms with Gasteiger partial charge in [-0.1, -0.05) is 41.9 Å². The number of nitrogens with one attached hydrogen (secondary N) is 2. The van der Waals surface area contributed by atoms with Crippen LogP contribution in [0.2, 0.25) is 5.02 Å². The first kappa shape index (κ1) is 21.9. The third kappa shape index (κ3) is 5.63. The number of hydrogen-bond donors (Lipinski definition) is 2. The lowest BCUT2D eigenvalue weighted by Crippen LogP contribution is -2.45. The molecule has 0 radical (unpaired) electrons. The van der Waals surface area contributed by atoms with Crippen LogP contribution in [0.3, 0.4) is 0 Å². The molecule has 30 heavy (non-hydrogen) atoms. The summed E-state index contributed by atoms with van der Waals surface area (Å²) in [7, 11) is -4.11. The van der Waals surface area contributed by atoms with Crippen molar-refractivity contribution in [3.8, 4) is 0 Å². The van der Waals surface area contributed by atoms with Gasteiger partial charge in [-0.15, -0.1) is 0 Å². The van der Waals surface area contributed by atoms with Gasteiger partial charge in [-0.3, -0.25) is 4.79 Å². The van der Waals surface area contributed by atoms with Crippen LogP contribution in [0.4, 0.5) is 14.5 Å². The summed E-state index contributed by atoms with van der Waals surface area (Å²) in [6.45, 7) is 0. The molecule has 0 heterocycles. The minimum atomic E-state index is -4.11. The van der Waals surface area contributed by atoms with Gasteiger partial charge in [-0.05, 0) is 54.4 Å². The van der Waals surface area contributed by atoms with Gasteiger partial charge in [0.15, 0.2) is 0 Å². The predicted molar refractivity (Wildman–Crippen MR) is 111 cm³/mol. The Morgan fingerprint density at radius 1 is 0.967 bits per heavy atom. The van der Waals surface area contributed by atoms with Crippen molar-refractivity contribution >= 4 is 33.2 Å². The van der Waals surface area contributed by atoms with Crippen molar-refractivity contribution in [3.05, 3.63) is 95.0 Å². The quantitative estimate of drug-likeness (QED) is 0.568. The Labute approximate surface area is 177 Å². The van der Waals surface area contributed by atoms with E-state index in [1.807, 2.05) is 0 Å². The molecule has 3 aromatic rings. The van der Waals surface area contributed by atoms with Gasteiger partial charge >= 0.3 is 0 Å². The van der Waals surface area contributed by atoms with Crippen molar-refractivity contribution in [2.75, 3.05) is 5.32 Å². The second kappa shape index (κ2) is 9.34. The van der Waals surface area contributed by atoms with E-state index >= 15 is 0 Å². The minimum absolute atomic E-state index is 0.0576. The van der Waals surface area contributed by atoms with E-state index in [-0.39, 0.29) is 22.0 Å². The number of halogens is 3. The molecule has 1 amide bonds. The van der Waals surface area contributed by atoms with Crippen LogP contribution in [0.1, 0.15) is 5.56 Å². The molecule has 0 aliphatic carbocycles. The number of carbonyl (C=O) groups excluding carboxylic acids is 1. The fourth-order valence-electron chi connectivity index (χ4n) is 2.71. The number of hydrogen-bond acceptors (Lipinski definition) is 3. The molecular weight excluding hydrogens is 434 g/mol. The van der Waals surface area contributed by atoms with Gasteiger partial charge in [0.05, 0.1) is 9.92 Å². The summed E-state index contributed by atoms with van der Waals surface area (Å²) in [4.78, 5) is 12.7. The van der Waals surface area contributed by atoms with Crippen molar-refractivity contribution in [3.63, 3.8) is 0 Å². The number of anilines is 1. The molecule has 2 N–H and O–H groups in total. The molecule has 156 valence electrons.